The highest BCUT2D eigenvalue weighted by Crippen LogP contribution is 2.38. The van der Waals surface area contributed by atoms with Crippen molar-refractivity contribution in [2.75, 3.05) is 13.1 Å². The molecule has 0 radical (unpaired) electrons. The van der Waals surface area contributed by atoms with E-state index < -0.39 is 5.91 Å². The van der Waals surface area contributed by atoms with Gasteiger partial charge in [-0.3, -0.25) is 9.59 Å². The lowest BCUT2D eigenvalue weighted by atomic mass is 9.71. The summed E-state index contributed by atoms with van der Waals surface area (Å²) >= 11 is 0. The van der Waals surface area contributed by atoms with Crippen LogP contribution in [-0.4, -0.2) is 24.9 Å². The maximum absolute atomic E-state index is 12.2. The first-order valence-corrected chi connectivity index (χ1v) is 8.40. The lowest BCUT2D eigenvalue weighted by Crippen LogP contribution is -2.39. The molecule has 0 bridgehead atoms. The topological polar surface area (TPSA) is 98.2 Å². The molecule has 1 aromatic carbocycles. The van der Waals surface area contributed by atoms with Gasteiger partial charge < -0.3 is 16.8 Å². The Hall–Kier alpha value is -1.59. The smallest absolute Gasteiger partial charge is 0.248 e. The Morgan fingerprint density at radius 3 is 2.50 bits per heavy atom. The number of hydrogen-bond acceptors (Lipinski definition) is 3. The molecule has 1 aliphatic carbocycles. The number of primary amides is 1. The summed E-state index contributed by atoms with van der Waals surface area (Å²) in [6, 6.07) is 7.21. The number of halogens is 1. The summed E-state index contributed by atoms with van der Waals surface area (Å²) in [6.07, 6.45) is 6.90. The van der Waals surface area contributed by atoms with Gasteiger partial charge in [0.25, 0.3) is 0 Å². The van der Waals surface area contributed by atoms with E-state index in [0.717, 1.165) is 18.4 Å². The standard InChI is InChI=1S/C18H27N3O2.ClH/c19-13-18(8-2-1-3-9-18)12-16(22)21-10-7-14-5-4-6-15(11-14)17(20)23;/h4-6,11H,1-3,7-10,12-13,19H2,(H2,20,23)(H,21,22);1H. The van der Waals surface area contributed by atoms with Crippen molar-refractivity contribution in [3.8, 4) is 0 Å². The van der Waals surface area contributed by atoms with Gasteiger partial charge in [0.2, 0.25) is 11.8 Å². The van der Waals surface area contributed by atoms with Crippen LogP contribution in [0.4, 0.5) is 0 Å². The van der Waals surface area contributed by atoms with Gasteiger partial charge in [-0.1, -0.05) is 31.4 Å². The SMILES string of the molecule is Cl.NCC1(CC(=O)NCCc2cccc(C(N)=O)c2)CCCCC1. The van der Waals surface area contributed by atoms with Crippen LogP contribution in [-0.2, 0) is 11.2 Å². The van der Waals surface area contributed by atoms with Crippen LogP contribution < -0.4 is 16.8 Å². The average Bonchev–Trinajstić information content (AvgIpc) is 2.56. The fraction of sp³-hybridized carbons (Fsp3) is 0.556. The minimum absolute atomic E-state index is 0. The van der Waals surface area contributed by atoms with Gasteiger partial charge in [-0.2, -0.15) is 0 Å². The number of carbonyl (C=O) groups is 2. The molecule has 0 aliphatic heterocycles. The fourth-order valence-corrected chi connectivity index (χ4v) is 3.38. The Labute approximate surface area is 150 Å². The molecule has 5 nitrogen and oxygen atoms in total. The van der Waals surface area contributed by atoms with Gasteiger partial charge in [0.15, 0.2) is 0 Å². The molecule has 0 aromatic heterocycles. The molecule has 6 heteroatoms. The largest absolute Gasteiger partial charge is 0.366 e. The van der Waals surface area contributed by atoms with Crippen molar-refractivity contribution in [2.24, 2.45) is 16.9 Å². The third-order valence-corrected chi connectivity index (χ3v) is 4.83. The molecule has 1 aliphatic rings. The molecule has 0 saturated heterocycles. The van der Waals surface area contributed by atoms with Gasteiger partial charge in [0.1, 0.15) is 0 Å². The monoisotopic (exact) mass is 353 g/mol. The van der Waals surface area contributed by atoms with Gasteiger partial charge >= 0.3 is 0 Å². The third kappa shape index (κ3) is 5.80. The molecule has 1 aromatic rings. The Balaban J connectivity index is 0.00000288. The molecule has 0 spiro atoms. The molecule has 0 unspecified atom stereocenters. The first-order valence-electron chi connectivity index (χ1n) is 8.40. The molecule has 134 valence electrons. The quantitative estimate of drug-likeness (QED) is 0.700. The van der Waals surface area contributed by atoms with Crippen LogP contribution in [0.2, 0.25) is 0 Å². The van der Waals surface area contributed by atoms with Crippen molar-refractivity contribution in [3.63, 3.8) is 0 Å². The van der Waals surface area contributed by atoms with Crippen LogP contribution in [0.5, 0.6) is 0 Å². The summed E-state index contributed by atoms with van der Waals surface area (Å²) < 4.78 is 0. The van der Waals surface area contributed by atoms with Gasteiger partial charge in [-0.25, -0.2) is 0 Å². The van der Waals surface area contributed by atoms with Crippen LogP contribution >= 0.6 is 12.4 Å². The molecule has 2 rings (SSSR count). The molecule has 2 amide bonds. The Morgan fingerprint density at radius 1 is 1.17 bits per heavy atom. The maximum Gasteiger partial charge on any atom is 0.248 e. The van der Waals surface area contributed by atoms with E-state index in [1.54, 1.807) is 12.1 Å². The molecule has 24 heavy (non-hydrogen) atoms. The van der Waals surface area contributed by atoms with Crippen molar-refractivity contribution >= 4 is 24.2 Å². The van der Waals surface area contributed by atoms with Gasteiger partial charge in [0, 0.05) is 18.5 Å². The van der Waals surface area contributed by atoms with E-state index in [1.165, 1.54) is 19.3 Å². The normalized spacial score (nSPS) is 16.0. The highest BCUT2D eigenvalue weighted by Gasteiger charge is 2.32. The van der Waals surface area contributed by atoms with Crippen LogP contribution in [0, 0.1) is 5.41 Å². The minimum Gasteiger partial charge on any atom is -0.366 e. The summed E-state index contributed by atoms with van der Waals surface area (Å²) in [7, 11) is 0. The number of carbonyl (C=O) groups excluding carboxylic acids is 2. The van der Waals surface area contributed by atoms with Gasteiger partial charge in [0.05, 0.1) is 0 Å². The zero-order valence-electron chi connectivity index (χ0n) is 14.1. The van der Waals surface area contributed by atoms with Crippen molar-refractivity contribution in [3.05, 3.63) is 35.4 Å². The minimum atomic E-state index is -0.432. The number of amides is 2. The average molecular weight is 354 g/mol. The molecule has 1 saturated carbocycles. The molecule has 1 fully saturated rings. The predicted molar refractivity (Wildman–Crippen MR) is 98.1 cm³/mol. The molecule has 0 heterocycles. The second-order valence-electron chi connectivity index (χ2n) is 6.61. The van der Waals surface area contributed by atoms with Crippen molar-refractivity contribution in [1.82, 2.24) is 5.32 Å². The summed E-state index contributed by atoms with van der Waals surface area (Å²) in [5.74, 6) is -0.360. The lowest BCUT2D eigenvalue weighted by Gasteiger charge is -2.35. The van der Waals surface area contributed by atoms with Gasteiger partial charge in [-0.15, -0.1) is 12.4 Å². The Morgan fingerprint density at radius 2 is 1.88 bits per heavy atom. The van der Waals surface area contributed by atoms with E-state index in [-0.39, 0.29) is 23.7 Å². The number of rotatable bonds is 7. The molecule has 0 atom stereocenters. The van der Waals surface area contributed by atoms with E-state index in [1.807, 2.05) is 12.1 Å². The Bertz CT molecular complexity index is 557. The third-order valence-electron chi connectivity index (χ3n) is 4.83. The number of benzene rings is 1. The maximum atomic E-state index is 12.2. The van der Waals surface area contributed by atoms with Crippen molar-refractivity contribution < 1.29 is 9.59 Å². The van der Waals surface area contributed by atoms with Crippen LogP contribution in [0.1, 0.15) is 54.4 Å². The zero-order chi connectivity index (χ0) is 16.7. The van der Waals surface area contributed by atoms with E-state index in [4.69, 9.17) is 11.5 Å². The van der Waals surface area contributed by atoms with Crippen LogP contribution in [0.15, 0.2) is 24.3 Å². The fourth-order valence-electron chi connectivity index (χ4n) is 3.38. The van der Waals surface area contributed by atoms with E-state index in [2.05, 4.69) is 5.32 Å². The lowest BCUT2D eigenvalue weighted by molar-refractivity contribution is -0.123. The number of nitrogens with one attached hydrogen (secondary N) is 1. The highest BCUT2D eigenvalue weighted by atomic mass is 35.5. The second kappa shape index (κ2) is 9.64. The summed E-state index contributed by atoms with van der Waals surface area (Å²) in [4.78, 5) is 23.4. The number of nitrogens with two attached hydrogens (primary N) is 2. The zero-order valence-corrected chi connectivity index (χ0v) is 14.9. The molecular weight excluding hydrogens is 326 g/mol. The molecular formula is C18H28ClN3O2. The Kier molecular flexibility index (Phi) is 8.22. The summed E-state index contributed by atoms with van der Waals surface area (Å²) in [5.41, 5.74) is 12.7. The predicted octanol–water partition coefficient (Wildman–Crippen LogP) is 2.17. The van der Waals surface area contributed by atoms with E-state index in [9.17, 15) is 9.59 Å². The summed E-state index contributed by atoms with van der Waals surface area (Å²) in [5, 5.41) is 2.98. The van der Waals surface area contributed by atoms with Crippen molar-refractivity contribution in [2.45, 2.75) is 44.9 Å². The van der Waals surface area contributed by atoms with Gasteiger partial charge in [-0.05, 0) is 48.9 Å². The highest BCUT2D eigenvalue weighted by molar-refractivity contribution is 5.92. The second-order valence-corrected chi connectivity index (χ2v) is 6.61. The molecule has 5 N–H and O–H groups in total. The van der Waals surface area contributed by atoms with E-state index >= 15 is 0 Å². The van der Waals surface area contributed by atoms with E-state index in [0.29, 0.717) is 31.5 Å². The van der Waals surface area contributed by atoms with Crippen LogP contribution in [0.3, 0.4) is 0 Å². The number of hydrogen-bond donors (Lipinski definition) is 3. The first-order chi connectivity index (χ1) is 11.0. The summed E-state index contributed by atoms with van der Waals surface area (Å²) in [6.45, 7) is 1.14. The first kappa shape index (κ1) is 20.5. The van der Waals surface area contributed by atoms with Crippen LogP contribution in [0.25, 0.3) is 0 Å². The van der Waals surface area contributed by atoms with Crippen molar-refractivity contribution in [1.29, 1.82) is 0 Å².